The van der Waals surface area contributed by atoms with Crippen molar-refractivity contribution in [2.45, 2.75) is 12.8 Å². The maximum absolute atomic E-state index is 12.7. The van der Waals surface area contributed by atoms with Crippen molar-refractivity contribution in [2.24, 2.45) is 0 Å². The van der Waals surface area contributed by atoms with E-state index in [9.17, 15) is 4.79 Å². The van der Waals surface area contributed by atoms with Crippen LogP contribution in [0.3, 0.4) is 0 Å². The molecule has 1 amide bonds. The van der Waals surface area contributed by atoms with Crippen LogP contribution in [-0.4, -0.2) is 35.1 Å². The normalized spacial score (nSPS) is 13.8. The first-order valence-electron chi connectivity index (χ1n) is 7.98. The number of methoxy groups -OCH3 is 2. The monoisotopic (exact) mass is 353 g/mol. The number of anilines is 1. The number of pyridine rings is 1. The van der Waals surface area contributed by atoms with Gasteiger partial charge in [0.15, 0.2) is 11.5 Å². The van der Waals surface area contributed by atoms with Gasteiger partial charge in [0.05, 0.1) is 37.6 Å². The topological polar surface area (TPSA) is 112 Å². The summed E-state index contributed by atoms with van der Waals surface area (Å²) in [6.07, 6.45) is 7.87. The molecule has 2 aromatic rings. The molecule has 0 aliphatic heterocycles. The largest absolute Gasteiger partial charge is 0.501 e. The quantitative estimate of drug-likeness (QED) is 0.845. The summed E-state index contributed by atoms with van der Waals surface area (Å²) in [5.74, 6) is 0.985. The second-order valence-electron chi connectivity index (χ2n) is 5.54. The molecule has 0 spiro atoms. The highest BCUT2D eigenvalue weighted by Gasteiger charge is 2.20. The number of hydrogen-bond donors (Lipinski definition) is 2. The average Bonchev–Trinajstić information content (AvgIpc) is 2.68. The van der Waals surface area contributed by atoms with Crippen LogP contribution in [-0.2, 0) is 9.47 Å². The van der Waals surface area contributed by atoms with Gasteiger partial charge in [0, 0.05) is 36.9 Å². The summed E-state index contributed by atoms with van der Waals surface area (Å²) in [4.78, 5) is 25.2. The van der Waals surface area contributed by atoms with Crippen molar-refractivity contribution in [3.05, 3.63) is 59.7 Å². The molecule has 1 aliphatic rings. The van der Waals surface area contributed by atoms with Crippen LogP contribution < -0.4 is 11.1 Å². The molecule has 26 heavy (non-hydrogen) atoms. The van der Waals surface area contributed by atoms with Gasteiger partial charge in [-0.25, -0.2) is 9.97 Å². The molecule has 2 heterocycles. The number of carbonyl (C=O) groups excluding carboxylic acids is 1. The fraction of sp³-hybridized carbons (Fsp3) is 0.222. The van der Waals surface area contributed by atoms with Gasteiger partial charge >= 0.3 is 0 Å². The standard InChI is InChI=1S/C18H19N5O3/c1-25-12-5-6-15(26-2)13(8-12)23-18(24)16-17(19)21-10-14(22-16)11-4-3-7-20-9-11/h3-4,7-10H,5-6H2,1-2H3,(H2,19,21)(H,23,24). The molecule has 3 N–H and O–H groups in total. The zero-order valence-corrected chi connectivity index (χ0v) is 14.5. The molecule has 3 rings (SSSR count). The molecule has 0 aromatic carbocycles. The van der Waals surface area contributed by atoms with E-state index in [-0.39, 0.29) is 11.5 Å². The van der Waals surface area contributed by atoms with E-state index in [1.807, 2.05) is 6.07 Å². The lowest BCUT2D eigenvalue weighted by atomic mass is 10.1. The Morgan fingerprint density at radius 1 is 1.23 bits per heavy atom. The number of carbonyl (C=O) groups is 1. The third-order valence-electron chi connectivity index (χ3n) is 3.93. The molecule has 0 unspecified atom stereocenters. The molecule has 0 bridgehead atoms. The Kier molecular flexibility index (Phi) is 5.12. The van der Waals surface area contributed by atoms with Gasteiger partial charge in [0.1, 0.15) is 5.76 Å². The van der Waals surface area contributed by atoms with Crippen molar-refractivity contribution in [1.29, 1.82) is 0 Å². The maximum Gasteiger partial charge on any atom is 0.278 e. The number of nitrogens with two attached hydrogens (primary N) is 1. The van der Waals surface area contributed by atoms with Gasteiger partial charge in [0.25, 0.3) is 5.91 Å². The predicted octanol–water partition coefficient (Wildman–Crippen LogP) is 2.03. The van der Waals surface area contributed by atoms with Crippen LogP contribution in [0.1, 0.15) is 23.3 Å². The second-order valence-corrected chi connectivity index (χ2v) is 5.54. The zero-order chi connectivity index (χ0) is 18.5. The van der Waals surface area contributed by atoms with Crippen molar-refractivity contribution in [3.8, 4) is 11.3 Å². The minimum Gasteiger partial charge on any atom is -0.501 e. The van der Waals surface area contributed by atoms with E-state index in [0.29, 0.717) is 30.0 Å². The van der Waals surface area contributed by atoms with Crippen molar-refractivity contribution in [2.75, 3.05) is 20.0 Å². The highest BCUT2D eigenvalue weighted by Crippen LogP contribution is 2.24. The number of nitrogen functional groups attached to an aromatic ring is 1. The molecular weight excluding hydrogens is 334 g/mol. The Morgan fingerprint density at radius 2 is 2.08 bits per heavy atom. The van der Waals surface area contributed by atoms with E-state index in [4.69, 9.17) is 15.2 Å². The van der Waals surface area contributed by atoms with E-state index in [1.54, 1.807) is 38.8 Å². The van der Waals surface area contributed by atoms with Crippen LogP contribution in [0.25, 0.3) is 11.3 Å². The lowest BCUT2D eigenvalue weighted by Gasteiger charge is -2.19. The number of amides is 1. The predicted molar refractivity (Wildman–Crippen MR) is 95.5 cm³/mol. The maximum atomic E-state index is 12.7. The number of hydrogen-bond acceptors (Lipinski definition) is 7. The van der Waals surface area contributed by atoms with E-state index in [1.165, 1.54) is 6.20 Å². The Hall–Kier alpha value is -3.42. The van der Waals surface area contributed by atoms with Crippen LogP contribution in [0.4, 0.5) is 5.82 Å². The summed E-state index contributed by atoms with van der Waals surface area (Å²) in [5.41, 5.74) is 7.66. The molecule has 0 saturated carbocycles. The van der Waals surface area contributed by atoms with Gasteiger partial charge in [0.2, 0.25) is 0 Å². The summed E-state index contributed by atoms with van der Waals surface area (Å²) in [7, 11) is 3.15. The molecule has 0 fully saturated rings. The molecule has 0 radical (unpaired) electrons. The van der Waals surface area contributed by atoms with Crippen LogP contribution in [0.2, 0.25) is 0 Å². The van der Waals surface area contributed by atoms with Crippen LogP contribution in [0.5, 0.6) is 0 Å². The molecule has 8 nitrogen and oxygen atoms in total. The van der Waals surface area contributed by atoms with E-state index in [0.717, 1.165) is 11.3 Å². The summed E-state index contributed by atoms with van der Waals surface area (Å²) >= 11 is 0. The van der Waals surface area contributed by atoms with Gasteiger partial charge < -0.3 is 20.5 Å². The Labute approximate surface area is 150 Å². The number of nitrogens with zero attached hydrogens (tertiary/aromatic N) is 3. The number of aromatic nitrogens is 3. The number of nitrogens with one attached hydrogen (secondary N) is 1. The van der Waals surface area contributed by atoms with Crippen molar-refractivity contribution < 1.29 is 14.3 Å². The molecule has 134 valence electrons. The fourth-order valence-electron chi connectivity index (χ4n) is 2.56. The highest BCUT2D eigenvalue weighted by molar-refractivity contribution is 5.98. The third kappa shape index (κ3) is 3.64. The Balaban J connectivity index is 1.90. The smallest absolute Gasteiger partial charge is 0.278 e. The first-order chi connectivity index (χ1) is 12.6. The minimum atomic E-state index is -0.473. The summed E-state index contributed by atoms with van der Waals surface area (Å²) in [6, 6.07) is 3.61. The molecule has 2 aromatic heterocycles. The zero-order valence-electron chi connectivity index (χ0n) is 14.5. The lowest BCUT2D eigenvalue weighted by Crippen LogP contribution is -2.27. The van der Waals surface area contributed by atoms with E-state index in [2.05, 4.69) is 20.3 Å². The van der Waals surface area contributed by atoms with Crippen LogP contribution >= 0.6 is 0 Å². The van der Waals surface area contributed by atoms with Crippen molar-refractivity contribution in [3.63, 3.8) is 0 Å². The molecule has 0 atom stereocenters. The Morgan fingerprint density at radius 3 is 2.77 bits per heavy atom. The van der Waals surface area contributed by atoms with Gasteiger partial charge in [-0.05, 0) is 12.1 Å². The van der Waals surface area contributed by atoms with Gasteiger partial charge in [-0.1, -0.05) is 0 Å². The van der Waals surface area contributed by atoms with E-state index < -0.39 is 5.91 Å². The number of allylic oxidation sites excluding steroid dienone is 3. The molecule has 8 heteroatoms. The molecule has 0 saturated heterocycles. The lowest BCUT2D eigenvalue weighted by molar-refractivity contribution is 0.0959. The van der Waals surface area contributed by atoms with Gasteiger partial charge in [-0.2, -0.15) is 0 Å². The number of rotatable bonds is 5. The van der Waals surface area contributed by atoms with Crippen molar-refractivity contribution in [1.82, 2.24) is 20.3 Å². The minimum absolute atomic E-state index is 0.0345. The fourth-order valence-corrected chi connectivity index (χ4v) is 2.56. The van der Waals surface area contributed by atoms with Crippen LogP contribution in [0, 0.1) is 0 Å². The van der Waals surface area contributed by atoms with Crippen LogP contribution in [0.15, 0.2) is 54.0 Å². The molecule has 1 aliphatic carbocycles. The summed E-state index contributed by atoms with van der Waals surface area (Å²) in [5, 5.41) is 2.78. The number of ether oxygens (including phenoxy) is 2. The molecular formula is C18H19N5O3. The average molecular weight is 353 g/mol. The first-order valence-corrected chi connectivity index (χ1v) is 7.98. The van der Waals surface area contributed by atoms with Gasteiger partial charge in [-0.15, -0.1) is 0 Å². The SMILES string of the molecule is COC1=CC(NC(=O)c2nc(-c3cccnc3)cnc2N)=C(OC)CC1. The second kappa shape index (κ2) is 7.64. The van der Waals surface area contributed by atoms with E-state index >= 15 is 0 Å². The first kappa shape index (κ1) is 17.4. The third-order valence-corrected chi connectivity index (χ3v) is 3.93. The van der Waals surface area contributed by atoms with Crippen molar-refractivity contribution >= 4 is 11.7 Å². The summed E-state index contributed by atoms with van der Waals surface area (Å²) < 4.78 is 10.6. The van der Waals surface area contributed by atoms with Gasteiger partial charge in [-0.3, -0.25) is 9.78 Å². The Bertz CT molecular complexity index is 878. The summed E-state index contributed by atoms with van der Waals surface area (Å²) in [6.45, 7) is 0. The highest BCUT2D eigenvalue weighted by atomic mass is 16.5.